The first-order chi connectivity index (χ1) is 8.67. The third-order valence-electron chi connectivity index (χ3n) is 2.33. The molecular weight excluding hydrogens is 252 g/mol. The van der Waals surface area contributed by atoms with Gasteiger partial charge in [-0.1, -0.05) is 23.9 Å². The second-order valence-corrected chi connectivity index (χ2v) is 4.15. The molecule has 0 spiro atoms. The molecule has 0 bridgehead atoms. The second-order valence-electron chi connectivity index (χ2n) is 3.37. The number of carbonyl (C=O) groups excluding carboxylic acids is 1. The predicted molar refractivity (Wildman–Crippen MR) is 68.9 cm³/mol. The third-order valence-corrected chi connectivity index (χ3v) is 2.86. The van der Waals surface area contributed by atoms with Crippen LogP contribution in [0.5, 0.6) is 5.75 Å². The van der Waals surface area contributed by atoms with Crippen molar-refractivity contribution in [3.05, 3.63) is 29.8 Å². The van der Waals surface area contributed by atoms with Gasteiger partial charge in [-0.15, -0.1) is 5.10 Å². The molecule has 1 aromatic heterocycles. The van der Waals surface area contributed by atoms with Gasteiger partial charge in [-0.2, -0.15) is 9.67 Å². The molecule has 7 heteroatoms. The average molecular weight is 264 g/mol. The minimum absolute atomic E-state index is 0.0651. The Kier molecular flexibility index (Phi) is 3.52. The van der Waals surface area contributed by atoms with E-state index in [1.165, 1.54) is 18.9 Å². The van der Waals surface area contributed by atoms with Gasteiger partial charge in [-0.05, 0) is 18.4 Å². The molecule has 94 valence electrons. The van der Waals surface area contributed by atoms with E-state index in [1.807, 2.05) is 6.26 Å². The van der Waals surface area contributed by atoms with Crippen molar-refractivity contribution in [3.63, 3.8) is 0 Å². The van der Waals surface area contributed by atoms with Gasteiger partial charge in [0.2, 0.25) is 11.1 Å². The Balaban J connectivity index is 2.44. The summed E-state index contributed by atoms with van der Waals surface area (Å²) < 4.78 is 6.21. The zero-order valence-electron chi connectivity index (χ0n) is 9.95. The van der Waals surface area contributed by atoms with E-state index in [-0.39, 0.29) is 11.9 Å². The van der Waals surface area contributed by atoms with E-state index in [4.69, 9.17) is 10.5 Å². The number of rotatable bonds is 3. The molecule has 0 unspecified atom stereocenters. The van der Waals surface area contributed by atoms with Gasteiger partial charge in [0, 0.05) is 0 Å². The molecule has 2 N–H and O–H groups in total. The van der Waals surface area contributed by atoms with Gasteiger partial charge in [0.25, 0.3) is 5.91 Å². The van der Waals surface area contributed by atoms with E-state index >= 15 is 0 Å². The molecule has 0 saturated heterocycles. The largest absolute Gasteiger partial charge is 0.496 e. The fourth-order valence-corrected chi connectivity index (χ4v) is 1.82. The summed E-state index contributed by atoms with van der Waals surface area (Å²) in [5.74, 6) is 0.177. The number of nitrogens with two attached hydrogens (primary N) is 1. The number of aromatic nitrogens is 3. The van der Waals surface area contributed by atoms with E-state index in [2.05, 4.69) is 10.1 Å². The molecule has 1 aromatic carbocycles. The molecule has 2 rings (SSSR count). The van der Waals surface area contributed by atoms with Crippen LogP contribution in [0.2, 0.25) is 0 Å². The Morgan fingerprint density at radius 2 is 2.17 bits per heavy atom. The summed E-state index contributed by atoms with van der Waals surface area (Å²) in [5, 5.41) is 4.47. The number of methoxy groups -OCH3 is 1. The first-order valence-electron chi connectivity index (χ1n) is 5.11. The van der Waals surface area contributed by atoms with E-state index in [9.17, 15) is 4.79 Å². The maximum Gasteiger partial charge on any atom is 0.285 e. The summed E-state index contributed by atoms with van der Waals surface area (Å²) in [7, 11) is 1.50. The number of hydrogen-bond donors (Lipinski definition) is 1. The smallest absolute Gasteiger partial charge is 0.285 e. The fourth-order valence-electron chi connectivity index (χ4n) is 1.48. The van der Waals surface area contributed by atoms with Gasteiger partial charge < -0.3 is 10.5 Å². The Hall–Kier alpha value is -2.02. The van der Waals surface area contributed by atoms with Crippen molar-refractivity contribution in [3.8, 4) is 5.75 Å². The predicted octanol–water partition coefficient (Wildman–Crippen LogP) is 1.28. The highest BCUT2D eigenvalue weighted by molar-refractivity contribution is 7.98. The highest BCUT2D eigenvalue weighted by atomic mass is 32.2. The molecular formula is C11H12N4O2S. The van der Waals surface area contributed by atoms with Crippen LogP contribution in [-0.4, -0.2) is 34.0 Å². The van der Waals surface area contributed by atoms with Crippen LogP contribution in [0.4, 0.5) is 5.95 Å². The summed E-state index contributed by atoms with van der Waals surface area (Å²) >= 11 is 1.32. The third kappa shape index (κ3) is 2.17. The Bertz CT molecular complexity index is 582. The van der Waals surface area contributed by atoms with Crippen LogP contribution < -0.4 is 10.5 Å². The first kappa shape index (κ1) is 12.4. The lowest BCUT2D eigenvalue weighted by atomic mass is 10.2. The second kappa shape index (κ2) is 5.09. The number of benzene rings is 1. The Labute approximate surface area is 108 Å². The molecule has 0 aliphatic rings. The van der Waals surface area contributed by atoms with Crippen molar-refractivity contribution >= 4 is 23.6 Å². The average Bonchev–Trinajstić information content (AvgIpc) is 2.79. The zero-order valence-corrected chi connectivity index (χ0v) is 10.8. The van der Waals surface area contributed by atoms with E-state index in [1.54, 1.807) is 24.3 Å². The van der Waals surface area contributed by atoms with Crippen molar-refractivity contribution in [1.29, 1.82) is 0 Å². The number of nitrogen functional groups attached to an aromatic ring is 1. The van der Waals surface area contributed by atoms with Crippen LogP contribution >= 0.6 is 11.8 Å². The van der Waals surface area contributed by atoms with Crippen LogP contribution in [-0.2, 0) is 0 Å². The number of ether oxygens (including phenoxy) is 1. The molecule has 0 radical (unpaired) electrons. The number of anilines is 1. The number of carbonyl (C=O) groups is 1. The quantitative estimate of drug-likeness (QED) is 0.841. The van der Waals surface area contributed by atoms with Gasteiger partial charge >= 0.3 is 0 Å². The van der Waals surface area contributed by atoms with Gasteiger partial charge in [-0.25, -0.2) is 0 Å². The number of hydrogen-bond acceptors (Lipinski definition) is 6. The van der Waals surface area contributed by atoms with Gasteiger partial charge in [0.05, 0.1) is 12.7 Å². The van der Waals surface area contributed by atoms with Crippen molar-refractivity contribution in [2.75, 3.05) is 19.1 Å². The van der Waals surface area contributed by atoms with Crippen molar-refractivity contribution < 1.29 is 9.53 Å². The summed E-state index contributed by atoms with van der Waals surface area (Å²) in [6.07, 6.45) is 1.81. The Morgan fingerprint density at radius 1 is 1.44 bits per heavy atom. The molecule has 0 fully saturated rings. The van der Waals surface area contributed by atoms with E-state index < -0.39 is 0 Å². The molecule has 0 atom stereocenters. The Morgan fingerprint density at radius 3 is 2.78 bits per heavy atom. The number of thioether (sulfide) groups is 1. The van der Waals surface area contributed by atoms with Crippen LogP contribution in [0.1, 0.15) is 10.4 Å². The molecule has 0 amide bonds. The highest BCUT2D eigenvalue weighted by Gasteiger charge is 2.18. The molecule has 0 aliphatic heterocycles. The van der Waals surface area contributed by atoms with Crippen LogP contribution in [0.25, 0.3) is 0 Å². The van der Waals surface area contributed by atoms with Crippen molar-refractivity contribution in [2.45, 2.75) is 5.16 Å². The van der Waals surface area contributed by atoms with Crippen LogP contribution in [0, 0.1) is 0 Å². The van der Waals surface area contributed by atoms with Gasteiger partial charge in [-0.3, -0.25) is 4.79 Å². The van der Waals surface area contributed by atoms with Gasteiger partial charge in [0.1, 0.15) is 5.75 Å². The van der Waals surface area contributed by atoms with Gasteiger partial charge in [0.15, 0.2) is 0 Å². The number of para-hydroxylation sites is 1. The topological polar surface area (TPSA) is 83.0 Å². The van der Waals surface area contributed by atoms with Crippen LogP contribution in [0.15, 0.2) is 29.4 Å². The standard InChI is InChI=1S/C11H12N4O2S/c1-17-8-6-4-3-5-7(8)9(16)15-10(12)13-11(14-15)18-2/h3-6H,1-2H3,(H2,12,13,14). The van der Waals surface area contributed by atoms with E-state index in [0.717, 1.165) is 4.68 Å². The molecule has 6 nitrogen and oxygen atoms in total. The number of nitrogens with zero attached hydrogens (tertiary/aromatic N) is 3. The molecule has 1 heterocycles. The summed E-state index contributed by atoms with van der Waals surface area (Å²) in [6, 6.07) is 6.89. The molecule has 0 saturated carbocycles. The summed E-state index contributed by atoms with van der Waals surface area (Å²) in [5.41, 5.74) is 6.05. The SMILES string of the molecule is COc1ccccc1C(=O)n1nc(SC)nc1N. The molecule has 0 aliphatic carbocycles. The van der Waals surface area contributed by atoms with Crippen molar-refractivity contribution in [2.24, 2.45) is 0 Å². The van der Waals surface area contributed by atoms with E-state index in [0.29, 0.717) is 16.5 Å². The fraction of sp³-hybridized carbons (Fsp3) is 0.182. The maximum absolute atomic E-state index is 12.3. The first-order valence-corrected chi connectivity index (χ1v) is 6.34. The zero-order chi connectivity index (χ0) is 13.1. The normalized spacial score (nSPS) is 10.3. The lowest BCUT2D eigenvalue weighted by Gasteiger charge is -2.06. The lowest BCUT2D eigenvalue weighted by molar-refractivity contribution is 0.0943. The minimum atomic E-state index is -0.363. The highest BCUT2D eigenvalue weighted by Crippen LogP contribution is 2.20. The maximum atomic E-state index is 12.3. The minimum Gasteiger partial charge on any atom is -0.496 e. The molecule has 18 heavy (non-hydrogen) atoms. The monoisotopic (exact) mass is 264 g/mol. The summed E-state index contributed by atoms with van der Waals surface area (Å²) in [4.78, 5) is 16.2. The summed E-state index contributed by atoms with van der Waals surface area (Å²) in [6.45, 7) is 0. The molecule has 2 aromatic rings. The lowest BCUT2D eigenvalue weighted by Crippen LogP contribution is -2.17. The van der Waals surface area contributed by atoms with Crippen molar-refractivity contribution in [1.82, 2.24) is 14.8 Å². The van der Waals surface area contributed by atoms with Crippen LogP contribution in [0.3, 0.4) is 0 Å².